The molecule has 2 aromatic heterocycles. The van der Waals surface area contributed by atoms with Crippen LogP contribution in [0.4, 0.5) is 5.82 Å². The van der Waals surface area contributed by atoms with Gasteiger partial charge in [0.15, 0.2) is 5.65 Å². The van der Waals surface area contributed by atoms with Gasteiger partial charge in [0.25, 0.3) is 0 Å². The number of fused-ring (bicyclic) bond motifs is 1. The normalized spacial score (nSPS) is 12.5. The van der Waals surface area contributed by atoms with Crippen molar-refractivity contribution in [3.63, 3.8) is 0 Å². The molecule has 0 saturated heterocycles. The lowest BCUT2D eigenvalue weighted by molar-refractivity contribution is 0.271. The predicted octanol–water partition coefficient (Wildman–Crippen LogP) is 2.62. The largest absolute Gasteiger partial charge is 0.394 e. The summed E-state index contributed by atoms with van der Waals surface area (Å²) in [7, 11) is 0. The molecule has 0 saturated carbocycles. The van der Waals surface area contributed by atoms with Crippen molar-refractivity contribution in [2.45, 2.75) is 33.2 Å². The molecule has 0 aliphatic heterocycles. The fourth-order valence-corrected chi connectivity index (χ4v) is 2.48. The molecule has 0 bridgehead atoms. The Kier molecular flexibility index (Phi) is 4.25. The molecule has 0 amide bonds. The standard InChI is InChI=1S/C17H21N5O/c1-4-13(9-23)21-16-15-8-20-22(17(15)19-10-18-16)14-6-5-11(2)12(3)7-14/h5-8,10,13,23H,4,9H2,1-3H3,(H,18,19,21). The van der Waals surface area contributed by atoms with Crippen molar-refractivity contribution < 1.29 is 5.11 Å². The first kappa shape index (κ1) is 15.4. The molecule has 3 aromatic rings. The maximum Gasteiger partial charge on any atom is 0.168 e. The number of aliphatic hydroxyl groups is 1. The van der Waals surface area contributed by atoms with Crippen molar-refractivity contribution in [2.75, 3.05) is 11.9 Å². The van der Waals surface area contributed by atoms with Crippen LogP contribution in [0.5, 0.6) is 0 Å². The topological polar surface area (TPSA) is 75.9 Å². The molecule has 0 radical (unpaired) electrons. The lowest BCUT2D eigenvalue weighted by Crippen LogP contribution is -2.23. The molecule has 0 aliphatic carbocycles. The molecule has 2 heterocycles. The average Bonchev–Trinajstić information content (AvgIpc) is 3.00. The van der Waals surface area contributed by atoms with Gasteiger partial charge in [0.05, 0.1) is 29.9 Å². The van der Waals surface area contributed by atoms with Gasteiger partial charge in [0, 0.05) is 0 Å². The lowest BCUT2D eigenvalue weighted by Gasteiger charge is -2.14. The number of aliphatic hydroxyl groups excluding tert-OH is 1. The first-order valence-corrected chi connectivity index (χ1v) is 7.77. The van der Waals surface area contributed by atoms with Gasteiger partial charge in [-0.3, -0.25) is 0 Å². The van der Waals surface area contributed by atoms with Crippen molar-refractivity contribution in [1.29, 1.82) is 0 Å². The van der Waals surface area contributed by atoms with Gasteiger partial charge in [0.2, 0.25) is 0 Å². The second-order valence-electron chi connectivity index (χ2n) is 5.72. The van der Waals surface area contributed by atoms with Crippen molar-refractivity contribution in [1.82, 2.24) is 19.7 Å². The summed E-state index contributed by atoms with van der Waals surface area (Å²) in [6, 6.07) is 6.18. The molecule has 3 rings (SSSR count). The van der Waals surface area contributed by atoms with Gasteiger partial charge >= 0.3 is 0 Å². The van der Waals surface area contributed by atoms with Crippen LogP contribution in [0.25, 0.3) is 16.7 Å². The van der Waals surface area contributed by atoms with Crippen molar-refractivity contribution in [2.24, 2.45) is 0 Å². The molecule has 0 spiro atoms. The number of aromatic nitrogens is 4. The highest BCUT2D eigenvalue weighted by atomic mass is 16.3. The van der Waals surface area contributed by atoms with Crippen LogP contribution < -0.4 is 5.32 Å². The summed E-state index contributed by atoms with van der Waals surface area (Å²) in [5, 5.41) is 17.9. The summed E-state index contributed by atoms with van der Waals surface area (Å²) in [5.41, 5.74) is 4.18. The second kappa shape index (κ2) is 6.34. The van der Waals surface area contributed by atoms with Gasteiger partial charge in [-0.1, -0.05) is 13.0 Å². The minimum Gasteiger partial charge on any atom is -0.394 e. The van der Waals surface area contributed by atoms with E-state index in [1.807, 2.05) is 17.7 Å². The molecular formula is C17H21N5O. The Balaban J connectivity index is 2.05. The first-order valence-electron chi connectivity index (χ1n) is 7.77. The summed E-state index contributed by atoms with van der Waals surface area (Å²) in [4.78, 5) is 8.67. The highest BCUT2D eigenvalue weighted by molar-refractivity contribution is 5.87. The van der Waals surface area contributed by atoms with E-state index in [1.165, 1.54) is 17.5 Å². The fourth-order valence-electron chi connectivity index (χ4n) is 2.48. The van der Waals surface area contributed by atoms with Crippen molar-refractivity contribution in [3.8, 4) is 5.69 Å². The van der Waals surface area contributed by atoms with E-state index in [0.717, 1.165) is 23.1 Å². The predicted molar refractivity (Wildman–Crippen MR) is 90.9 cm³/mol. The Morgan fingerprint density at radius 3 is 2.74 bits per heavy atom. The summed E-state index contributed by atoms with van der Waals surface area (Å²) in [6.45, 7) is 6.25. The van der Waals surface area contributed by atoms with E-state index in [9.17, 15) is 5.11 Å². The van der Waals surface area contributed by atoms with E-state index < -0.39 is 0 Å². The summed E-state index contributed by atoms with van der Waals surface area (Å²) < 4.78 is 1.81. The third-order valence-electron chi connectivity index (χ3n) is 4.15. The van der Waals surface area contributed by atoms with Crippen LogP contribution in [0.15, 0.2) is 30.7 Å². The molecule has 1 aromatic carbocycles. The molecule has 1 atom stereocenters. The molecule has 0 aliphatic rings. The van der Waals surface area contributed by atoms with Gasteiger partial charge in [-0.15, -0.1) is 0 Å². The second-order valence-corrected chi connectivity index (χ2v) is 5.72. The monoisotopic (exact) mass is 311 g/mol. The number of hydrogen-bond donors (Lipinski definition) is 2. The molecule has 0 fully saturated rings. The first-order chi connectivity index (χ1) is 11.1. The summed E-state index contributed by atoms with van der Waals surface area (Å²) >= 11 is 0. The Morgan fingerprint density at radius 1 is 1.22 bits per heavy atom. The van der Waals surface area contributed by atoms with Crippen LogP contribution in [0.1, 0.15) is 24.5 Å². The Labute approximate surface area is 135 Å². The van der Waals surface area contributed by atoms with Crippen molar-refractivity contribution >= 4 is 16.9 Å². The van der Waals surface area contributed by atoms with Crippen LogP contribution in [-0.2, 0) is 0 Å². The van der Waals surface area contributed by atoms with Crippen LogP contribution in [-0.4, -0.2) is 37.5 Å². The number of aryl methyl sites for hydroxylation is 2. The number of hydrogen-bond acceptors (Lipinski definition) is 5. The minimum atomic E-state index is -0.0296. The smallest absolute Gasteiger partial charge is 0.168 e. The SMILES string of the molecule is CCC(CO)Nc1ncnc2c1cnn2-c1ccc(C)c(C)c1. The quantitative estimate of drug-likeness (QED) is 0.757. The maximum atomic E-state index is 9.37. The van der Waals surface area contributed by atoms with Gasteiger partial charge in [-0.25, -0.2) is 14.6 Å². The number of nitrogens with one attached hydrogen (secondary N) is 1. The van der Waals surface area contributed by atoms with Gasteiger partial charge in [-0.05, 0) is 43.5 Å². The molecule has 6 nitrogen and oxygen atoms in total. The Hall–Kier alpha value is -2.47. The number of benzene rings is 1. The third-order valence-corrected chi connectivity index (χ3v) is 4.15. The molecule has 6 heteroatoms. The van der Waals surface area contributed by atoms with E-state index in [2.05, 4.69) is 46.4 Å². The zero-order valence-corrected chi connectivity index (χ0v) is 13.6. The zero-order valence-electron chi connectivity index (χ0n) is 13.6. The summed E-state index contributed by atoms with van der Waals surface area (Å²) in [6.07, 6.45) is 4.10. The Bertz CT molecular complexity index is 823. The van der Waals surface area contributed by atoms with E-state index in [-0.39, 0.29) is 12.6 Å². The van der Waals surface area contributed by atoms with Gasteiger partial charge < -0.3 is 10.4 Å². The maximum absolute atomic E-state index is 9.37. The number of anilines is 1. The van der Waals surface area contributed by atoms with Crippen LogP contribution >= 0.6 is 0 Å². The number of nitrogens with zero attached hydrogens (tertiary/aromatic N) is 4. The van der Waals surface area contributed by atoms with E-state index in [1.54, 1.807) is 6.20 Å². The van der Waals surface area contributed by atoms with Crippen molar-refractivity contribution in [3.05, 3.63) is 41.9 Å². The minimum absolute atomic E-state index is 0.0296. The van der Waals surface area contributed by atoms with Crippen LogP contribution in [0.3, 0.4) is 0 Å². The highest BCUT2D eigenvalue weighted by Crippen LogP contribution is 2.23. The molecule has 23 heavy (non-hydrogen) atoms. The average molecular weight is 311 g/mol. The van der Waals surface area contributed by atoms with Gasteiger partial charge in [-0.2, -0.15) is 5.10 Å². The van der Waals surface area contributed by atoms with E-state index in [0.29, 0.717) is 5.82 Å². The summed E-state index contributed by atoms with van der Waals surface area (Å²) in [5.74, 6) is 0.700. The molecule has 120 valence electrons. The Morgan fingerprint density at radius 2 is 2.04 bits per heavy atom. The van der Waals surface area contributed by atoms with E-state index in [4.69, 9.17) is 0 Å². The lowest BCUT2D eigenvalue weighted by atomic mass is 10.1. The third kappa shape index (κ3) is 2.90. The van der Waals surface area contributed by atoms with E-state index >= 15 is 0 Å². The molecule has 2 N–H and O–H groups in total. The van der Waals surface area contributed by atoms with Crippen LogP contribution in [0, 0.1) is 13.8 Å². The zero-order chi connectivity index (χ0) is 16.4. The molecule has 1 unspecified atom stereocenters. The highest BCUT2D eigenvalue weighted by Gasteiger charge is 2.13. The van der Waals surface area contributed by atoms with Gasteiger partial charge in [0.1, 0.15) is 12.1 Å². The fraction of sp³-hybridized carbons (Fsp3) is 0.353. The number of rotatable bonds is 5. The molecular weight excluding hydrogens is 290 g/mol. The van der Waals surface area contributed by atoms with Crippen LogP contribution in [0.2, 0.25) is 0 Å².